The summed E-state index contributed by atoms with van der Waals surface area (Å²) in [5, 5.41) is 9.30. The first-order valence-corrected chi connectivity index (χ1v) is 8.45. The zero-order valence-corrected chi connectivity index (χ0v) is 13.0. The molecule has 2 bridgehead atoms. The molecule has 0 aliphatic carbocycles. The molecule has 0 saturated carbocycles. The molecule has 2 heterocycles. The molecule has 2 fully saturated rings. The van der Waals surface area contributed by atoms with Crippen LogP contribution in [0.1, 0.15) is 35.2 Å². The Balaban J connectivity index is 1.91. The number of fused-ring (bicyclic) bond motifs is 2. The summed E-state index contributed by atoms with van der Waals surface area (Å²) in [6.07, 6.45) is 4.34. The highest BCUT2D eigenvalue weighted by atomic mass is 32.2. The van der Waals surface area contributed by atoms with Crippen LogP contribution in [0.3, 0.4) is 0 Å². The van der Waals surface area contributed by atoms with Gasteiger partial charge >= 0.3 is 5.97 Å². The van der Waals surface area contributed by atoms with Crippen LogP contribution in [-0.4, -0.2) is 40.2 Å². The summed E-state index contributed by atoms with van der Waals surface area (Å²) in [7, 11) is 0. The van der Waals surface area contributed by atoms with Crippen molar-refractivity contribution in [3.63, 3.8) is 0 Å². The van der Waals surface area contributed by atoms with E-state index in [0.29, 0.717) is 12.0 Å². The Kier molecular flexibility index (Phi) is 3.69. The number of nitrogens with zero attached hydrogens (tertiary/aromatic N) is 1. The third kappa shape index (κ3) is 2.33. The number of carbonyl (C=O) groups excluding carboxylic acids is 1. The minimum Gasteiger partial charge on any atom is -0.481 e. The molecule has 3 atom stereocenters. The van der Waals surface area contributed by atoms with E-state index in [1.807, 2.05) is 36.3 Å². The SMILES string of the molecule is CSc1ccc(C)c(C(=O)N2C3CCC2C(C(=O)O)C3)c1. The maximum absolute atomic E-state index is 12.9. The van der Waals surface area contributed by atoms with Gasteiger partial charge in [-0.3, -0.25) is 9.59 Å². The van der Waals surface area contributed by atoms with Crippen molar-refractivity contribution in [2.75, 3.05) is 6.26 Å². The average Bonchev–Trinajstić information content (AvgIpc) is 3.04. The lowest BCUT2D eigenvalue weighted by Crippen LogP contribution is -2.38. The number of carbonyl (C=O) groups is 2. The van der Waals surface area contributed by atoms with Gasteiger partial charge in [0.05, 0.1) is 5.92 Å². The number of hydrogen-bond acceptors (Lipinski definition) is 3. The van der Waals surface area contributed by atoms with E-state index in [4.69, 9.17) is 0 Å². The lowest BCUT2D eigenvalue weighted by Gasteiger charge is -2.24. The number of aryl methyl sites for hydroxylation is 1. The van der Waals surface area contributed by atoms with E-state index in [-0.39, 0.29) is 18.0 Å². The van der Waals surface area contributed by atoms with Crippen LogP contribution in [0, 0.1) is 12.8 Å². The summed E-state index contributed by atoms with van der Waals surface area (Å²) in [5.74, 6) is -1.16. The lowest BCUT2D eigenvalue weighted by atomic mass is 9.89. The monoisotopic (exact) mass is 305 g/mol. The second-order valence-electron chi connectivity index (χ2n) is 5.87. The molecule has 5 heteroatoms. The van der Waals surface area contributed by atoms with E-state index < -0.39 is 11.9 Å². The largest absolute Gasteiger partial charge is 0.481 e. The summed E-state index contributed by atoms with van der Waals surface area (Å²) in [6.45, 7) is 1.93. The summed E-state index contributed by atoms with van der Waals surface area (Å²) < 4.78 is 0. The van der Waals surface area contributed by atoms with Crippen LogP contribution in [0.4, 0.5) is 0 Å². The molecule has 2 aliphatic heterocycles. The first kappa shape index (κ1) is 14.4. The van der Waals surface area contributed by atoms with Gasteiger partial charge in [-0.1, -0.05) is 6.07 Å². The molecular formula is C16H19NO3S. The highest BCUT2D eigenvalue weighted by Gasteiger charge is 2.51. The molecule has 1 aromatic rings. The molecule has 2 aliphatic rings. The van der Waals surface area contributed by atoms with Gasteiger partial charge in [-0.05, 0) is 50.1 Å². The third-order valence-corrected chi connectivity index (χ3v) is 5.49. The Morgan fingerprint density at radius 3 is 2.71 bits per heavy atom. The van der Waals surface area contributed by atoms with Gasteiger partial charge in [0.15, 0.2) is 0 Å². The van der Waals surface area contributed by atoms with Crippen molar-refractivity contribution in [2.24, 2.45) is 5.92 Å². The standard InChI is InChI=1S/C16H19NO3S/c1-9-3-5-11(21-2)8-12(9)15(18)17-10-4-6-14(17)13(7-10)16(19)20/h3,5,8,10,13-14H,4,6-7H2,1-2H3,(H,19,20). The van der Waals surface area contributed by atoms with Gasteiger partial charge in [0.25, 0.3) is 5.91 Å². The number of carboxylic acid groups (broad SMARTS) is 1. The minimum absolute atomic E-state index is 0.000324. The second kappa shape index (κ2) is 5.37. The quantitative estimate of drug-likeness (QED) is 0.872. The number of hydrogen-bond donors (Lipinski definition) is 1. The fourth-order valence-electron chi connectivity index (χ4n) is 3.67. The van der Waals surface area contributed by atoms with Crippen LogP contribution in [0.5, 0.6) is 0 Å². The number of carboxylic acids is 1. The molecule has 21 heavy (non-hydrogen) atoms. The lowest BCUT2D eigenvalue weighted by molar-refractivity contribution is -0.142. The second-order valence-corrected chi connectivity index (χ2v) is 6.75. The summed E-state index contributed by atoms with van der Waals surface area (Å²) in [4.78, 5) is 27.1. The van der Waals surface area contributed by atoms with Crippen LogP contribution in [-0.2, 0) is 4.79 Å². The Hall–Kier alpha value is -1.49. The van der Waals surface area contributed by atoms with E-state index in [1.54, 1.807) is 11.8 Å². The first-order valence-electron chi connectivity index (χ1n) is 7.23. The summed E-state index contributed by atoms with van der Waals surface area (Å²) >= 11 is 1.61. The number of aliphatic carboxylic acids is 1. The maximum Gasteiger partial charge on any atom is 0.308 e. The maximum atomic E-state index is 12.9. The molecular weight excluding hydrogens is 286 g/mol. The molecule has 2 saturated heterocycles. The van der Waals surface area contributed by atoms with Gasteiger partial charge in [0, 0.05) is 22.5 Å². The Bertz CT molecular complexity index is 601. The van der Waals surface area contributed by atoms with E-state index in [9.17, 15) is 14.7 Å². The molecule has 4 nitrogen and oxygen atoms in total. The molecule has 1 amide bonds. The van der Waals surface area contributed by atoms with E-state index in [1.165, 1.54) is 0 Å². The summed E-state index contributed by atoms with van der Waals surface area (Å²) in [6, 6.07) is 5.87. The zero-order chi connectivity index (χ0) is 15.1. The van der Waals surface area contributed by atoms with Crippen LogP contribution < -0.4 is 0 Å². The topological polar surface area (TPSA) is 57.6 Å². The predicted molar refractivity (Wildman–Crippen MR) is 81.7 cm³/mol. The zero-order valence-electron chi connectivity index (χ0n) is 12.2. The fraction of sp³-hybridized carbons (Fsp3) is 0.500. The molecule has 1 aromatic carbocycles. The van der Waals surface area contributed by atoms with Gasteiger partial charge < -0.3 is 10.0 Å². The van der Waals surface area contributed by atoms with E-state index in [2.05, 4.69) is 0 Å². The number of thioether (sulfide) groups is 1. The van der Waals surface area contributed by atoms with Crippen molar-refractivity contribution >= 4 is 23.6 Å². The van der Waals surface area contributed by atoms with Crippen molar-refractivity contribution in [2.45, 2.75) is 43.2 Å². The van der Waals surface area contributed by atoms with Crippen molar-refractivity contribution in [3.8, 4) is 0 Å². The predicted octanol–water partition coefficient (Wildman–Crippen LogP) is 2.79. The number of rotatable bonds is 3. The van der Waals surface area contributed by atoms with E-state index in [0.717, 1.165) is 23.3 Å². The van der Waals surface area contributed by atoms with E-state index >= 15 is 0 Å². The number of amides is 1. The molecule has 1 N–H and O–H groups in total. The third-order valence-electron chi connectivity index (χ3n) is 4.76. The highest BCUT2D eigenvalue weighted by Crippen LogP contribution is 2.42. The summed E-state index contributed by atoms with van der Waals surface area (Å²) in [5.41, 5.74) is 1.67. The first-order chi connectivity index (χ1) is 10.0. The van der Waals surface area contributed by atoms with Crippen LogP contribution >= 0.6 is 11.8 Å². The van der Waals surface area contributed by atoms with Gasteiger partial charge in [0.1, 0.15) is 0 Å². The van der Waals surface area contributed by atoms with Crippen molar-refractivity contribution < 1.29 is 14.7 Å². The molecule has 112 valence electrons. The number of benzene rings is 1. The Labute approximate surface area is 128 Å². The molecule has 0 radical (unpaired) electrons. The van der Waals surface area contributed by atoms with Gasteiger partial charge in [-0.2, -0.15) is 0 Å². The fourth-order valence-corrected chi connectivity index (χ4v) is 4.11. The van der Waals surface area contributed by atoms with Crippen molar-refractivity contribution in [1.29, 1.82) is 0 Å². The molecule has 3 unspecified atom stereocenters. The van der Waals surface area contributed by atoms with Crippen molar-refractivity contribution in [1.82, 2.24) is 4.90 Å². The van der Waals surface area contributed by atoms with Gasteiger partial charge in [0.2, 0.25) is 0 Å². The normalized spacial score (nSPS) is 27.1. The van der Waals surface area contributed by atoms with Crippen LogP contribution in [0.15, 0.2) is 23.1 Å². The molecule has 0 aromatic heterocycles. The van der Waals surface area contributed by atoms with Crippen LogP contribution in [0.2, 0.25) is 0 Å². The molecule has 0 spiro atoms. The highest BCUT2D eigenvalue weighted by molar-refractivity contribution is 7.98. The van der Waals surface area contributed by atoms with Crippen LogP contribution in [0.25, 0.3) is 0 Å². The smallest absolute Gasteiger partial charge is 0.308 e. The molecule has 3 rings (SSSR count). The Morgan fingerprint density at radius 1 is 1.33 bits per heavy atom. The van der Waals surface area contributed by atoms with Crippen molar-refractivity contribution in [3.05, 3.63) is 29.3 Å². The Morgan fingerprint density at radius 2 is 2.10 bits per heavy atom. The minimum atomic E-state index is -0.769. The average molecular weight is 305 g/mol. The van der Waals surface area contributed by atoms with Gasteiger partial charge in [-0.15, -0.1) is 11.8 Å². The van der Waals surface area contributed by atoms with Gasteiger partial charge in [-0.25, -0.2) is 0 Å².